The van der Waals surface area contributed by atoms with Gasteiger partial charge in [-0.05, 0) is 30.4 Å². The van der Waals surface area contributed by atoms with Crippen molar-refractivity contribution in [2.24, 2.45) is 5.41 Å². The molecule has 3 heteroatoms. The molecule has 3 nitrogen and oxygen atoms in total. The molecule has 82 valence electrons. The number of aromatic carboxylic acids is 1. The molecule has 1 aliphatic rings. The molecule has 0 radical (unpaired) electrons. The van der Waals surface area contributed by atoms with Crippen molar-refractivity contribution in [3.05, 3.63) is 24.0 Å². The standard InChI is InChI=1S/C12H17NO2/c1-12(2)7-3-6-10(12)13-8-4-5-9(13)11(14)15/h4-5,8,10H,3,6-7H2,1-2H3,(H,14,15). The average Bonchev–Trinajstić information content (AvgIpc) is 2.69. The summed E-state index contributed by atoms with van der Waals surface area (Å²) in [5.74, 6) is -0.831. The highest BCUT2D eigenvalue weighted by molar-refractivity contribution is 5.85. The predicted molar refractivity (Wildman–Crippen MR) is 58.1 cm³/mol. The van der Waals surface area contributed by atoms with Gasteiger partial charge >= 0.3 is 5.97 Å². The smallest absolute Gasteiger partial charge is 0.352 e. The van der Waals surface area contributed by atoms with Crippen LogP contribution in [-0.4, -0.2) is 15.6 Å². The van der Waals surface area contributed by atoms with Crippen LogP contribution in [0.3, 0.4) is 0 Å². The highest BCUT2D eigenvalue weighted by Crippen LogP contribution is 2.46. The molecule has 0 bridgehead atoms. The lowest BCUT2D eigenvalue weighted by atomic mass is 9.87. The number of carbonyl (C=O) groups is 1. The van der Waals surface area contributed by atoms with Crippen molar-refractivity contribution >= 4 is 5.97 Å². The van der Waals surface area contributed by atoms with Gasteiger partial charge in [-0.1, -0.05) is 20.3 Å². The third-order valence-corrected chi connectivity index (χ3v) is 3.53. The molecular weight excluding hydrogens is 190 g/mol. The van der Waals surface area contributed by atoms with Crippen molar-refractivity contribution in [1.82, 2.24) is 4.57 Å². The van der Waals surface area contributed by atoms with E-state index in [1.807, 2.05) is 16.8 Å². The van der Waals surface area contributed by atoms with Gasteiger partial charge in [0.05, 0.1) is 0 Å². The highest BCUT2D eigenvalue weighted by Gasteiger charge is 2.36. The van der Waals surface area contributed by atoms with Crippen molar-refractivity contribution in [2.75, 3.05) is 0 Å². The zero-order chi connectivity index (χ0) is 11.1. The highest BCUT2D eigenvalue weighted by atomic mass is 16.4. The Morgan fingerprint density at radius 2 is 2.33 bits per heavy atom. The van der Waals surface area contributed by atoms with Crippen LogP contribution in [0.1, 0.15) is 49.6 Å². The summed E-state index contributed by atoms with van der Waals surface area (Å²) in [6.07, 6.45) is 5.34. The van der Waals surface area contributed by atoms with Crippen molar-refractivity contribution in [2.45, 2.75) is 39.2 Å². The summed E-state index contributed by atoms with van der Waals surface area (Å²) in [6.45, 7) is 4.44. The number of aromatic nitrogens is 1. The monoisotopic (exact) mass is 207 g/mol. The molecule has 1 saturated carbocycles. The molecule has 2 rings (SSSR count). The van der Waals surface area contributed by atoms with E-state index in [-0.39, 0.29) is 5.41 Å². The van der Waals surface area contributed by atoms with Gasteiger partial charge < -0.3 is 9.67 Å². The molecule has 1 aromatic heterocycles. The van der Waals surface area contributed by atoms with Crippen molar-refractivity contribution in [3.8, 4) is 0 Å². The SMILES string of the molecule is CC1(C)CCCC1n1cccc1C(=O)O. The van der Waals surface area contributed by atoms with E-state index in [4.69, 9.17) is 5.11 Å². The first-order valence-electron chi connectivity index (χ1n) is 5.42. The Labute approximate surface area is 89.7 Å². The molecule has 1 unspecified atom stereocenters. The summed E-state index contributed by atoms with van der Waals surface area (Å²) in [5.41, 5.74) is 0.624. The lowest BCUT2D eigenvalue weighted by Crippen LogP contribution is -2.23. The minimum atomic E-state index is -0.831. The molecule has 0 amide bonds. The lowest BCUT2D eigenvalue weighted by molar-refractivity contribution is 0.0678. The Bertz CT molecular complexity index is 379. The van der Waals surface area contributed by atoms with Gasteiger partial charge in [0.1, 0.15) is 5.69 Å². The molecule has 1 fully saturated rings. The van der Waals surface area contributed by atoms with Crippen LogP contribution in [0, 0.1) is 5.41 Å². The van der Waals surface area contributed by atoms with Crippen LogP contribution < -0.4 is 0 Å². The van der Waals surface area contributed by atoms with E-state index in [0.717, 1.165) is 6.42 Å². The van der Waals surface area contributed by atoms with Crippen molar-refractivity contribution in [3.63, 3.8) is 0 Å². The zero-order valence-electron chi connectivity index (χ0n) is 9.23. The van der Waals surface area contributed by atoms with E-state index in [9.17, 15) is 4.79 Å². The van der Waals surface area contributed by atoms with Gasteiger partial charge in [0.15, 0.2) is 0 Å². The number of nitrogens with zero attached hydrogens (tertiary/aromatic N) is 1. The first-order chi connectivity index (χ1) is 7.02. The van der Waals surface area contributed by atoms with E-state index in [0.29, 0.717) is 11.7 Å². The van der Waals surface area contributed by atoms with Crippen molar-refractivity contribution < 1.29 is 9.90 Å². The molecule has 0 saturated heterocycles. The van der Waals surface area contributed by atoms with Crippen LogP contribution in [0.2, 0.25) is 0 Å². The molecule has 1 aliphatic carbocycles. The quantitative estimate of drug-likeness (QED) is 0.810. The molecule has 15 heavy (non-hydrogen) atoms. The van der Waals surface area contributed by atoms with Crippen LogP contribution in [0.5, 0.6) is 0 Å². The van der Waals surface area contributed by atoms with Crippen molar-refractivity contribution in [1.29, 1.82) is 0 Å². The second kappa shape index (κ2) is 3.40. The summed E-state index contributed by atoms with van der Waals surface area (Å²) < 4.78 is 1.93. The third-order valence-electron chi connectivity index (χ3n) is 3.53. The maximum atomic E-state index is 11.0. The minimum absolute atomic E-state index is 0.212. The summed E-state index contributed by atoms with van der Waals surface area (Å²) in [7, 11) is 0. The third kappa shape index (κ3) is 1.66. The summed E-state index contributed by atoms with van der Waals surface area (Å²) in [4.78, 5) is 11.0. The van der Waals surface area contributed by atoms with Crippen LogP contribution >= 0.6 is 0 Å². The van der Waals surface area contributed by atoms with Crippen LogP contribution in [-0.2, 0) is 0 Å². The van der Waals surface area contributed by atoms with E-state index in [1.54, 1.807) is 6.07 Å². The summed E-state index contributed by atoms with van der Waals surface area (Å²) >= 11 is 0. The Balaban J connectivity index is 2.37. The van der Waals surface area contributed by atoms with Gasteiger partial charge in [0.25, 0.3) is 0 Å². The average molecular weight is 207 g/mol. The molecule has 1 heterocycles. The maximum Gasteiger partial charge on any atom is 0.352 e. The van der Waals surface area contributed by atoms with Gasteiger partial charge in [-0.3, -0.25) is 0 Å². The Kier molecular flexibility index (Phi) is 2.33. The number of rotatable bonds is 2. The summed E-state index contributed by atoms with van der Waals surface area (Å²) in [6, 6.07) is 3.83. The second-order valence-corrected chi connectivity index (χ2v) is 5.00. The molecule has 1 aromatic rings. The number of hydrogen-bond acceptors (Lipinski definition) is 1. The largest absolute Gasteiger partial charge is 0.477 e. The van der Waals surface area contributed by atoms with Gasteiger partial charge in [-0.25, -0.2) is 4.79 Å². The first kappa shape index (κ1) is 10.3. The molecule has 0 spiro atoms. The minimum Gasteiger partial charge on any atom is -0.477 e. The topological polar surface area (TPSA) is 42.2 Å². The fourth-order valence-corrected chi connectivity index (χ4v) is 2.67. The van der Waals surface area contributed by atoms with E-state index in [1.165, 1.54) is 12.8 Å². The Morgan fingerprint density at radius 1 is 1.60 bits per heavy atom. The Hall–Kier alpha value is -1.25. The van der Waals surface area contributed by atoms with Crippen LogP contribution in [0.15, 0.2) is 18.3 Å². The van der Waals surface area contributed by atoms with E-state index in [2.05, 4.69) is 13.8 Å². The first-order valence-corrected chi connectivity index (χ1v) is 5.42. The van der Waals surface area contributed by atoms with Gasteiger partial charge in [0, 0.05) is 12.2 Å². The molecule has 1 N–H and O–H groups in total. The van der Waals surface area contributed by atoms with Gasteiger partial charge in [0.2, 0.25) is 0 Å². The molecule has 0 aliphatic heterocycles. The Morgan fingerprint density at radius 3 is 2.87 bits per heavy atom. The number of hydrogen-bond donors (Lipinski definition) is 1. The molecule has 0 aromatic carbocycles. The normalized spacial score (nSPS) is 24.3. The molecular formula is C12H17NO2. The zero-order valence-corrected chi connectivity index (χ0v) is 9.23. The molecule has 1 atom stereocenters. The summed E-state index contributed by atoms with van der Waals surface area (Å²) in [5, 5.41) is 9.06. The number of carboxylic acid groups (broad SMARTS) is 1. The van der Waals surface area contributed by atoms with Crippen LogP contribution in [0.25, 0.3) is 0 Å². The number of carboxylic acids is 1. The van der Waals surface area contributed by atoms with Gasteiger partial charge in [-0.15, -0.1) is 0 Å². The van der Waals surface area contributed by atoms with E-state index < -0.39 is 5.97 Å². The predicted octanol–water partition coefficient (Wildman–Crippen LogP) is 2.94. The van der Waals surface area contributed by atoms with Crippen LogP contribution in [0.4, 0.5) is 0 Å². The fourth-order valence-electron chi connectivity index (χ4n) is 2.67. The van der Waals surface area contributed by atoms with E-state index >= 15 is 0 Å². The second-order valence-electron chi connectivity index (χ2n) is 5.00. The lowest BCUT2D eigenvalue weighted by Gasteiger charge is -2.29. The fraction of sp³-hybridized carbons (Fsp3) is 0.583. The van der Waals surface area contributed by atoms with Gasteiger partial charge in [-0.2, -0.15) is 0 Å². The maximum absolute atomic E-state index is 11.0.